The molecule has 110 valence electrons. The molecule has 0 saturated heterocycles. The zero-order chi connectivity index (χ0) is 14.5. The molecule has 1 aliphatic carbocycles. The molecule has 6 heteroatoms. The molecule has 0 aromatic carbocycles. The van der Waals surface area contributed by atoms with Gasteiger partial charge in [0, 0.05) is 32.5 Å². The van der Waals surface area contributed by atoms with E-state index in [-0.39, 0.29) is 18.5 Å². The van der Waals surface area contributed by atoms with Crippen LogP contribution in [0.3, 0.4) is 0 Å². The van der Waals surface area contributed by atoms with Gasteiger partial charge in [0.15, 0.2) is 0 Å². The van der Waals surface area contributed by atoms with Gasteiger partial charge in [-0.2, -0.15) is 0 Å². The summed E-state index contributed by atoms with van der Waals surface area (Å²) < 4.78 is 1.37. The van der Waals surface area contributed by atoms with E-state index in [1.165, 1.54) is 35.1 Å². The average molecular weight is 278 g/mol. The molecule has 0 unspecified atom stereocenters. The van der Waals surface area contributed by atoms with Gasteiger partial charge in [0.05, 0.1) is 0 Å². The lowest BCUT2D eigenvalue weighted by atomic mass is 9.94. The standard InChI is InChI=1S/C14H22N4O2/c1-16(14(20)18-9-8-15-11-18)10-13(19)17(2)12-6-4-3-5-7-12/h8-9,11-12H,3-7,10H2,1-2H3. The predicted molar refractivity (Wildman–Crippen MR) is 75.3 cm³/mol. The van der Waals surface area contributed by atoms with Gasteiger partial charge in [-0.15, -0.1) is 0 Å². The molecule has 0 N–H and O–H groups in total. The number of amides is 2. The molecule has 2 amide bonds. The Hall–Kier alpha value is -1.85. The van der Waals surface area contributed by atoms with Crippen LogP contribution >= 0.6 is 0 Å². The Balaban J connectivity index is 1.88. The third kappa shape index (κ3) is 3.37. The largest absolute Gasteiger partial charge is 0.341 e. The van der Waals surface area contributed by atoms with Gasteiger partial charge in [-0.05, 0) is 12.8 Å². The zero-order valence-corrected chi connectivity index (χ0v) is 12.2. The van der Waals surface area contributed by atoms with Crippen LogP contribution in [0.5, 0.6) is 0 Å². The third-order valence-corrected chi connectivity index (χ3v) is 3.94. The summed E-state index contributed by atoms with van der Waals surface area (Å²) in [6.07, 6.45) is 10.3. The fourth-order valence-electron chi connectivity index (χ4n) is 2.62. The maximum absolute atomic E-state index is 12.2. The molecule has 0 spiro atoms. The molecule has 1 aromatic heterocycles. The van der Waals surface area contributed by atoms with Gasteiger partial charge >= 0.3 is 6.03 Å². The molecule has 1 aliphatic rings. The highest BCUT2D eigenvalue weighted by molar-refractivity contribution is 5.84. The number of hydrogen-bond acceptors (Lipinski definition) is 3. The highest BCUT2D eigenvalue weighted by Gasteiger charge is 2.24. The van der Waals surface area contributed by atoms with Crippen molar-refractivity contribution in [2.75, 3.05) is 20.6 Å². The van der Waals surface area contributed by atoms with E-state index in [0.717, 1.165) is 12.8 Å². The third-order valence-electron chi connectivity index (χ3n) is 3.94. The topological polar surface area (TPSA) is 58.4 Å². The zero-order valence-electron chi connectivity index (χ0n) is 12.2. The number of aromatic nitrogens is 2. The van der Waals surface area contributed by atoms with Crippen LogP contribution in [0.15, 0.2) is 18.7 Å². The summed E-state index contributed by atoms with van der Waals surface area (Å²) in [6.45, 7) is 0.101. The van der Waals surface area contributed by atoms with Crippen molar-refractivity contribution in [1.29, 1.82) is 0 Å². The van der Waals surface area contributed by atoms with Gasteiger partial charge in [-0.25, -0.2) is 9.78 Å². The van der Waals surface area contributed by atoms with Crippen molar-refractivity contribution < 1.29 is 9.59 Å². The molecule has 2 rings (SSSR count). The molecule has 1 heterocycles. The Morgan fingerprint density at radius 1 is 1.25 bits per heavy atom. The lowest BCUT2D eigenvalue weighted by molar-refractivity contribution is -0.132. The van der Waals surface area contributed by atoms with Gasteiger partial charge in [0.2, 0.25) is 5.91 Å². The van der Waals surface area contributed by atoms with Crippen molar-refractivity contribution in [3.63, 3.8) is 0 Å². The van der Waals surface area contributed by atoms with Crippen molar-refractivity contribution in [2.24, 2.45) is 0 Å². The highest BCUT2D eigenvalue weighted by Crippen LogP contribution is 2.21. The molecule has 0 aliphatic heterocycles. The van der Waals surface area contributed by atoms with Crippen LogP contribution in [0.1, 0.15) is 32.1 Å². The minimum Gasteiger partial charge on any atom is -0.341 e. The van der Waals surface area contributed by atoms with Crippen molar-refractivity contribution >= 4 is 11.9 Å². The molecule has 20 heavy (non-hydrogen) atoms. The molecule has 0 bridgehead atoms. The number of likely N-dealkylation sites (N-methyl/N-ethyl adjacent to an activating group) is 2. The van der Waals surface area contributed by atoms with Crippen LogP contribution < -0.4 is 0 Å². The van der Waals surface area contributed by atoms with E-state index in [4.69, 9.17) is 0 Å². The summed E-state index contributed by atoms with van der Waals surface area (Å²) in [5, 5.41) is 0. The molecular weight excluding hydrogens is 256 g/mol. The SMILES string of the molecule is CN(CC(=O)N(C)C1CCCCC1)C(=O)n1ccnc1. The Morgan fingerprint density at radius 3 is 2.55 bits per heavy atom. The van der Waals surface area contributed by atoms with Crippen molar-refractivity contribution in [3.05, 3.63) is 18.7 Å². The normalized spacial score (nSPS) is 15.9. The lowest BCUT2D eigenvalue weighted by Gasteiger charge is -2.32. The van der Waals surface area contributed by atoms with Gasteiger partial charge in [-0.3, -0.25) is 9.36 Å². The summed E-state index contributed by atoms with van der Waals surface area (Å²) in [5.41, 5.74) is 0. The summed E-state index contributed by atoms with van der Waals surface area (Å²) in [6, 6.07) is 0.0842. The fraction of sp³-hybridized carbons (Fsp3) is 0.643. The number of carbonyl (C=O) groups excluding carboxylic acids is 2. The molecule has 0 radical (unpaired) electrons. The second kappa shape index (κ2) is 6.54. The van der Waals surface area contributed by atoms with E-state index < -0.39 is 0 Å². The molecular formula is C14H22N4O2. The highest BCUT2D eigenvalue weighted by atomic mass is 16.2. The van der Waals surface area contributed by atoms with E-state index in [2.05, 4.69) is 4.98 Å². The van der Waals surface area contributed by atoms with Gasteiger partial charge in [0.25, 0.3) is 0 Å². The van der Waals surface area contributed by atoms with Crippen LogP contribution in [0.4, 0.5) is 4.79 Å². The number of nitrogens with zero attached hydrogens (tertiary/aromatic N) is 4. The first-order valence-electron chi connectivity index (χ1n) is 7.08. The lowest BCUT2D eigenvalue weighted by Crippen LogP contribution is -2.45. The fourth-order valence-corrected chi connectivity index (χ4v) is 2.62. The first-order chi connectivity index (χ1) is 9.59. The quantitative estimate of drug-likeness (QED) is 0.843. The second-order valence-corrected chi connectivity index (χ2v) is 5.41. The summed E-state index contributed by atoms with van der Waals surface area (Å²) in [5.74, 6) is -0.00661. The first-order valence-corrected chi connectivity index (χ1v) is 7.08. The van der Waals surface area contributed by atoms with E-state index in [1.807, 2.05) is 7.05 Å². The van der Waals surface area contributed by atoms with Crippen LogP contribution in [0.25, 0.3) is 0 Å². The maximum Gasteiger partial charge on any atom is 0.329 e. The van der Waals surface area contributed by atoms with Crippen molar-refractivity contribution in [3.8, 4) is 0 Å². The smallest absolute Gasteiger partial charge is 0.329 e. The summed E-state index contributed by atoms with van der Waals surface area (Å²) in [4.78, 5) is 31.3. The van der Waals surface area contributed by atoms with Crippen LogP contribution in [0, 0.1) is 0 Å². The van der Waals surface area contributed by atoms with Crippen LogP contribution in [0.2, 0.25) is 0 Å². The number of hydrogen-bond donors (Lipinski definition) is 0. The number of rotatable bonds is 3. The predicted octanol–water partition coefficient (Wildman–Crippen LogP) is 1.57. The van der Waals surface area contributed by atoms with E-state index >= 15 is 0 Å². The number of carbonyl (C=O) groups is 2. The van der Waals surface area contributed by atoms with Crippen LogP contribution in [-0.2, 0) is 4.79 Å². The van der Waals surface area contributed by atoms with E-state index in [1.54, 1.807) is 24.3 Å². The summed E-state index contributed by atoms with van der Waals surface area (Å²) >= 11 is 0. The minimum atomic E-state index is -0.243. The van der Waals surface area contributed by atoms with Crippen molar-refractivity contribution in [1.82, 2.24) is 19.4 Å². The van der Waals surface area contributed by atoms with Crippen molar-refractivity contribution in [2.45, 2.75) is 38.1 Å². The molecule has 1 fully saturated rings. The molecule has 0 atom stereocenters. The Bertz CT molecular complexity index is 452. The average Bonchev–Trinajstić information content (AvgIpc) is 3.00. The Kier molecular flexibility index (Phi) is 4.76. The second-order valence-electron chi connectivity index (χ2n) is 5.41. The molecule has 1 aromatic rings. The number of imidazole rings is 1. The molecule has 6 nitrogen and oxygen atoms in total. The maximum atomic E-state index is 12.2. The monoisotopic (exact) mass is 278 g/mol. The van der Waals surface area contributed by atoms with E-state index in [0.29, 0.717) is 6.04 Å². The minimum absolute atomic E-state index is 0.00661. The van der Waals surface area contributed by atoms with Gasteiger partial charge in [-0.1, -0.05) is 19.3 Å². The Labute approximate surface area is 119 Å². The Morgan fingerprint density at radius 2 is 1.95 bits per heavy atom. The van der Waals surface area contributed by atoms with Gasteiger partial charge < -0.3 is 9.80 Å². The summed E-state index contributed by atoms with van der Waals surface area (Å²) in [7, 11) is 3.47. The first kappa shape index (κ1) is 14.6. The van der Waals surface area contributed by atoms with Gasteiger partial charge in [0.1, 0.15) is 12.9 Å². The van der Waals surface area contributed by atoms with E-state index in [9.17, 15) is 9.59 Å². The molecule has 1 saturated carbocycles. The van der Waals surface area contributed by atoms with Crippen LogP contribution in [-0.4, -0.2) is 58.0 Å².